The van der Waals surface area contributed by atoms with Crippen molar-refractivity contribution >= 4 is 8.03 Å². The van der Waals surface area contributed by atoms with E-state index in [4.69, 9.17) is 10.00 Å². The van der Waals surface area contributed by atoms with E-state index in [1.54, 1.807) is 30.3 Å². The van der Waals surface area contributed by atoms with Crippen LogP contribution in [0.2, 0.25) is 0 Å². The summed E-state index contributed by atoms with van der Waals surface area (Å²) >= 11 is 0. The van der Waals surface area contributed by atoms with Gasteiger partial charge in [-0.2, -0.15) is 0 Å². The van der Waals surface area contributed by atoms with Gasteiger partial charge in [0.05, 0.1) is 0 Å². The largest absolute Gasteiger partial charge is 0.412 e. The molecule has 2 unspecified atom stereocenters. The Labute approximate surface area is 70.7 Å². The summed E-state index contributed by atoms with van der Waals surface area (Å²) in [4.78, 5) is 8.57. The molecule has 4 nitrogen and oxygen atoms in total. The predicted molar refractivity (Wildman–Crippen MR) is 46.2 cm³/mol. The van der Waals surface area contributed by atoms with E-state index in [2.05, 4.69) is 0 Å². The summed E-state index contributed by atoms with van der Waals surface area (Å²) in [5, 5.41) is 9.08. The van der Waals surface area contributed by atoms with Gasteiger partial charge >= 0.3 is 0 Å². The molecule has 0 spiro atoms. The first-order valence-electron chi connectivity index (χ1n) is 3.17. The number of aliphatic hydroxyl groups excluding tert-OH is 1. The lowest BCUT2D eigenvalue weighted by Crippen LogP contribution is -1.89. The second kappa shape index (κ2) is 5.06. The Morgan fingerprint density at radius 2 is 1.75 bits per heavy atom. The van der Waals surface area contributed by atoms with E-state index in [1.165, 1.54) is 0 Å². The minimum atomic E-state index is -2.86. The Bertz CT molecular complexity index is 249. The molecule has 0 saturated carbocycles. The summed E-state index contributed by atoms with van der Waals surface area (Å²) in [7, 11) is -2.86. The lowest BCUT2D eigenvalue weighted by molar-refractivity contribution is 0.243. The molecule has 0 heterocycles. The number of hydrogen-bond donors (Lipinski definition) is 2. The van der Waals surface area contributed by atoms with Gasteiger partial charge in [-0.05, 0) is 5.56 Å². The first-order valence-corrected chi connectivity index (χ1v) is 4.61. The fraction of sp³-hybridized carbons (Fsp3) is 0.143. The molecule has 0 aromatic heterocycles. The summed E-state index contributed by atoms with van der Waals surface area (Å²) in [5.74, 6) is -1.22. The summed E-state index contributed by atoms with van der Waals surface area (Å²) in [6.45, 7) is 0. The predicted octanol–water partition coefficient (Wildman–Crippen LogP) is 0.320. The molecule has 1 rings (SSSR count). The van der Waals surface area contributed by atoms with Crippen molar-refractivity contribution in [3.05, 3.63) is 35.9 Å². The van der Waals surface area contributed by atoms with E-state index in [1.807, 2.05) is 0 Å². The fourth-order valence-electron chi connectivity index (χ4n) is 0.778. The molecular formula is C7H11O4P. The molecule has 4 N–H and O–H groups in total. The maximum absolute atomic E-state index is 10.4. The Balaban J connectivity index is 0.00000121. The highest BCUT2D eigenvalue weighted by molar-refractivity contribution is 7.38. The topological polar surface area (TPSA) is 89.0 Å². The molecule has 0 amide bonds. The van der Waals surface area contributed by atoms with Gasteiger partial charge < -0.3 is 15.5 Å². The maximum Gasteiger partial charge on any atom is 0.221 e. The third-order valence-corrected chi connectivity index (χ3v) is 2.15. The van der Waals surface area contributed by atoms with Crippen LogP contribution in [0.4, 0.5) is 0 Å². The van der Waals surface area contributed by atoms with Crippen LogP contribution < -0.4 is 0 Å². The van der Waals surface area contributed by atoms with Gasteiger partial charge in [-0.15, -0.1) is 0 Å². The third kappa shape index (κ3) is 2.75. The first-order chi connectivity index (χ1) is 5.22. The summed E-state index contributed by atoms with van der Waals surface area (Å²) < 4.78 is 10.4. The highest BCUT2D eigenvalue weighted by Crippen LogP contribution is 2.34. The number of aliphatic hydroxyl groups is 1. The molecule has 5 heteroatoms. The van der Waals surface area contributed by atoms with Crippen LogP contribution in [0.5, 0.6) is 0 Å². The van der Waals surface area contributed by atoms with E-state index < -0.39 is 13.9 Å². The summed E-state index contributed by atoms with van der Waals surface area (Å²) in [5.41, 5.74) is 0.485. The number of hydrogen-bond acceptors (Lipinski definition) is 2. The van der Waals surface area contributed by atoms with E-state index in [-0.39, 0.29) is 5.48 Å². The van der Waals surface area contributed by atoms with Gasteiger partial charge in [0.2, 0.25) is 8.03 Å². The quantitative estimate of drug-likeness (QED) is 0.658. The molecular weight excluding hydrogens is 179 g/mol. The standard InChI is InChI=1S/C7H9O3P.H2O/c8-7(11(9)10)6-4-2-1-3-5-6;/h1-5,7-8,11H,(H,9,10);1H2. The van der Waals surface area contributed by atoms with Crippen LogP contribution in [0, 0.1) is 0 Å². The smallest absolute Gasteiger partial charge is 0.221 e. The van der Waals surface area contributed by atoms with Crippen molar-refractivity contribution in [3.63, 3.8) is 0 Å². The third-order valence-electron chi connectivity index (χ3n) is 1.35. The first kappa shape index (κ1) is 11.3. The van der Waals surface area contributed by atoms with Gasteiger partial charge in [-0.1, -0.05) is 30.3 Å². The zero-order chi connectivity index (χ0) is 8.27. The van der Waals surface area contributed by atoms with Gasteiger partial charge in [0.1, 0.15) is 0 Å². The average Bonchev–Trinajstić information content (AvgIpc) is 2.05. The molecule has 1 aromatic carbocycles. The van der Waals surface area contributed by atoms with Crippen LogP contribution >= 0.6 is 8.03 Å². The zero-order valence-corrected chi connectivity index (χ0v) is 7.27. The van der Waals surface area contributed by atoms with Crippen molar-refractivity contribution in [2.45, 2.75) is 5.85 Å². The van der Waals surface area contributed by atoms with Crippen molar-refractivity contribution in [3.8, 4) is 0 Å². The fourth-order valence-corrected chi connectivity index (χ4v) is 1.26. The van der Waals surface area contributed by atoms with Crippen LogP contribution in [0.3, 0.4) is 0 Å². The van der Waals surface area contributed by atoms with Gasteiger partial charge in [-0.25, -0.2) is 0 Å². The van der Waals surface area contributed by atoms with Gasteiger partial charge in [0.25, 0.3) is 0 Å². The molecule has 12 heavy (non-hydrogen) atoms. The molecule has 0 fully saturated rings. The van der Waals surface area contributed by atoms with Crippen LogP contribution in [-0.2, 0) is 4.57 Å². The van der Waals surface area contributed by atoms with Crippen molar-refractivity contribution in [2.24, 2.45) is 0 Å². The van der Waals surface area contributed by atoms with Crippen molar-refractivity contribution in [2.75, 3.05) is 0 Å². The Hall–Kier alpha value is -0.670. The minimum Gasteiger partial charge on any atom is -0.412 e. The van der Waals surface area contributed by atoms with E-state index >= 15 is 0 Å². The summed E-state index contributed by atoms with van der Waals surface area (Å²) in [6, 6.07) is 8.43. The van der Waals surface area contributed by atoms with Gasteiger partial charge in [-0.3, -0.25) is 4.57 Å². The van der Waals surface area contributed by atoms with Crippen LogP contribution in [-0.4, -0.2) is 15.5 Å². The second-order valence-electron chi connectivity index (χ2n) is 2.15. The molecule has 2 atom stereocenters. The Morgan fingerprint density at radius 3 is 2.17 bits per heavy atom. The molecule has 0 aliphatic carbocycles. The molecule has 0 saturated heterocycles. The van der Waals surface area contributed by atoms with Crippen LogP contribution in [0.15, 0.2) is 30.3 Å². The molecule has 0 radical (unpaired) electrons. The number of rotatable bonds is 2. The highest BCUT2D eigenvalue weighted by Gasteiger charge is 2.10. The van der Waals surface area contributed by atoms with Crippen molar-refractivity contribution in [1.82, 2.24) is 0 Å². The highest BCUT2D eigenvalue weighted by atomic mass is 31.1. The second-order valence-corrected chi connectivity index (χ2v) is 3.37. The van der Waals surface area contributed by atoms with Crippen molar-refractivity contribution in [1.29, 1.82) is 0 Å². The average molecular weight is 190 g/mol. The molecule has 68 valence electrons. The summed E-state index contributed by atoms with van der Waals surface area (Å²) in [6.07, 6.45) is 0. The minimum absolute atomic E-state index is 0. The van der Waals surface area contributed by atoms with E-state index in [9.17, 15) is 4.57 Å². The van der Waals surface area contributed by atoms with E-state index in [0.29, 0.717) is 5.56 Å². The Morgan fingerprint density at radius 1 is 1.25 bits per heavy atom. The molecule has 0 aliphatic rings. The maximum atomic E-state index is 10.4. The lowest BCUT2D eigenvalue weighted by Gasteiger charge is -2.04. The molecule has 1 aromatic rings. The van der Waals surface area contributed by atoms with E-state index in [0.717, 1.165) is 0 Å². The van der Waals surface area contributed by atoms with Crippen molar-refractivity contribution < 1.29 is 20.0 Å². The van der Waals surface area contributed by atoms with Crippen LogP contribution in [0.25, 0.3) is 0 Å². The van der Waals surface area contributed by atoms with Gasteiger partial charge in [0, 0.05) is 0 Å². The molecule has 0 bridgehead atoms. The lowest BCUT2D eigenvalue weighted by atomic mass is 10.2. The SMILES string of the molecule is O.O=[PH](O)C(O)c1ccccc1. The van der Waals surface area contributed by atoms with Gasteiger partial charge in [0.15, 0.2) is 5.85 Å². The molecule has 0 aliphatic heterocycles. The normalized spacial score (nSPS) is 14.5. The zero-order valence-electron chi connectivity index (χ0n) is 6.27. The Kier molecular flexibility index (Phi) is 4.78. The van der Waals surface area contributed by atoms with Crippen LogP contribution in [0.1, 0.15) is 11.4 Å². The number of benzene rings is 1. The monoisotopic (exact) mass is 190 g/mol.